The van der Waals surface area contributed by atoms with E-state index in [1.54, 1.807) is 0 Å². The normalized spacial score (nSPS) is 21.6. The summed E-state index contributed by atoms with van der Waals surface area (Å²) in [5, 5.41) is 13.8. The Kier molecular flexibility index (Phi) is 7.82. The Morgan fingerprint density at radius 2 is 1.42 bits per heavy atom. The van der Waals surface area contributed by atoms with E-state index in [1.165, 1.54) is 10.4 Å². The Hall–Kier alpha value is -2.01. The molecule has 1 aliphatic carbocycles. The topological polar surface area (TPSA) is 46.5 Å². The number of carbonyl (C=O) groups excluding carboxylic acids is 1. The van der Waals surface area contributed by atoms with Crippen molar-refractivity contribution >= 4 is 24.5 Å². The van der Waals surface area contributed by atoms with Crippen molar-refractivity contribution in [1.82, 2.24) is 0 Å². The van der Waals surface area contributed by atoms with E-state index in [4.69, 9.17) is 4.43 Å². The number of ketones is 1. The third-order valence-corrected chi connectivity index (χ3v) is 12.5. The lowest BCUT2D eigenvalue weighted by molar-refractivity contribution is -0.130. The first-order valence-electron chi connectivity index (χ1n) is 12.2. The number of aliphatic hydroxyl groups excluding tert-OH is 1. The first kappa shape index (κ1) is 25.6. The molecule has 0 spiro atoms. The molecule has 3 nitrogen and oxygen atoms in total. The van der Waals surface area contributed by atoms with Crippen molar-refractivity contribution in [2.45, 2.75) is 72.1 Å². The fourth-order valence-corrected chi connectivity index (χ4v) is 10.2. The van der Waals surface area contributed by atoms with Gasteiger partial charge in [-0.15, -0.1) is 0 Å². The maximum atomic E-state index is 13.2. The summed E-state index contributed by atoms with van der Waals surface area (Å²) < 4.78 is 7.12. The fourth-order valence-electron chi connectivity index (χ4n) is 5.44. The molecule has 1 N–H and O–H groups in total. The molecule has 0 bridgehead atoms. The SMILES string of the molecule is CC1=CC[C@H](C(C)C)C(C(O)[C@@H](C)O[Si](c2ccccc2)(c2ccccc2)C(C)(C)C)C1=O. The van der Waals surface area contributed by atoms with Crippen molar-refractivity contribution in [1.29, 1.82) is 0 Å². The van der Waals surface area contributed by atoms with Crippen LogP contribution >= 0.6 is 0 Å². The molecule has 3 rings (SSSR count). The first-order valence-corrected chi connectivity index (χ1v) is 14.1. The van der Waals surface area contributed by atoms with E-state index in [2.05, 4.69) is 83.1 Å². The molecular formula is C29H40O3Si. The highest BCUT2D eigenvalue weighted by molar-refractivity contribution is 6.99. The number of benzene rings is 2. The van der Waals surface area contributed by atoms with E-state index in [1.807, 2.05) is 32.1 Å². The third kappa shape index (κ3) is 4.94. The van der Waals surface area contributed by atoms with Crippen molar-refractivity contribution in [2.24, 2.45) is 17.8 Å². The maximum Gasteiger partial charge on any atom is 0.261 e. The zero-order valence-corrected chi connectivity index (χ0v) is 22.2. The highest BCUT2D eigenvalue weighted by atomic mass is 28.4. The summed E-state index contributed by atoms with van der Waals surface area (Å²) in [6, 6.07) is 20.9. The van der Waals surface area contributed by atoms with Crippen LogP contribution in [0.3, 0.4) is 0 Å². The maximum absolute atomic E-state index is 13.2. The van der Waals surface area contributed by atoms with Gasteiger partial charge in [0.25, 0.3) is 8.32 Å². The second-order valence-corrected chi connectivity index (χ2v) is 15.2. The molecule has 2 unspecified atom stereocenters. The number of hydrogen-bond acceptors (Lipinski definition) is 3. The number of hydrogen-bond donors (Lipinski definition) is 1. The molecule has 1 aliphatic rings. The summed E-state index contributed by atoms with van der Waals surface area (Å²) >= 11 is 0. The van der Waals surface area contributed by atoms with Gasteiger partial charge in [0.2, 0.25) is 0 Å². The van der Waals surface area contributed by atoms with Gasteiger partial charge in [0.15, 0.2) is 5.78 Å². The van der Waals surface area contributed by atoms with E-state index >= 15 is 0 Å². The van der Waals surface area contributed by atoms with Gasteiger partial charge in [-0.05, 0) is 53.1 Å². The van der Waals surface area contributed by atoms with Gasteiger partial charge in [-0.3, -0.25) is 4.79 Å². The molecule has 0 fully saturated rings. The minimum absolute atomic E-state index is 0.0605. The Balaban J connectivity index is 2.08. The molecule has 178 valence electrons. The predicted molar refractivity (Wildman–Crippen MR) is 139 cm³/mol. The quantitative estimate of drug-likeness (QED) is 0.579. The minimum Gasteiger partial charge on any atom is -0.402 e. The van der Waals surface area contributed by atoms with E-state index in [0.29, 0.717) is 5.92 Å². The van der Waals surface area contributed by atoms with Gasteiger partial charge in [-0.25, -0.2) is 0 Å². The average Bonchev–Trinajstić information content (AvgIpc) is 2.78. The van der Waals surface area contributed by atoms with Crippen LogP contribution in [0.2, 0.25) is 5.04 Å². The minimum atomic E-state index is -2.81. The highest BCUT2D eigenvalue weighted by Crippen LogP contribution is 2.40. The van der Waals surface area contributed by atoms with E-state index < -0.39 is 26.4 Å². The summed E-state index contributed by atoms with van der Waals surface area (Å²) in [7, 11) is -2.81. The molecule has 0 saturated heterocycles. The molecule has 0 aliphatic heterocycles. The van der Waals surface area contributed by atoms with E-state index in [-0.39, 0.29) is 16.7 Å². The largest absolute Gasteiger partial charge is 0.402 e. The standard InChI is InChI=1S/C29H40O3Si/c1-20(2)25-19-18-21(3)27(30)26(25)28(31)22(4)32-33(29(5,6)7,23-14-10-8-11-15-23)24-16-12-9-13-17-24/h8-18,20,22,25-26,28,31H,19H2,1-7H3/t22-,25-,26?,28?/m1/s1. The van der Waals surface area contributed by atoms with Crippen LogP contribution in [0.5, 0.6) is 0 Å². The summed E-state index contributed by atoms with van der Waals surface area (Å²) in [6.45, 7) is 14.8. The van der Waals surface area contributed by atoms with Gasteiger partial charge in [0.05, 0.1) is 18.1 Å². The van der Waals surface area contributed by atoms with Crippen LogP contribution in [0.15, 0.2) is 72.3 Å². The van der Waals surface area contributed by atoms with Crippen molar-refractivity contribution in [3.8, 4) is 0 Å². The average molecular weight is 465 g/mol. The summed E-state index contributed by atoms with van der Waals surface area (Å²) in [5.74, 6) is 0.0352. The van der Waals surface area contributed by atoms with E-state index in [0.717, 1.165) is 12.0 Å². The molecular weight excluding hydrogens is 424 g/mol. The number of carbonyl (C=O) groups is 1. The summed E-state index contributed by atoms with van der Waals surface area (Å²) in [6.07, 6.45) is 1.50. The molecule has 0 saturated carbocycles. The van der Waals surface area contributed by atoms with Gasteiger partial charge in [-0.1, -0.05) is 101 Å². The van der Waals surface area contributed by atoms with Gasteiger partial charge in [-0.2, -0.15) is 0 Å². The monoisotopic (exact) mass is 464 g/mol. The Labute approximate surface area is 201 Å². The van der Waals surface area contributed by atoms with Crippen LogP contribution in [-0.2, 0) is 9.22 Å². The number of allylic oxidation sites excluding steroid dienone is 2. The van der Waals surface area contributed by atoms with Crippen molar-refractivity contribution < 1.29 is 14.3 Å². The number of Topliss-reactive ketones (excluding diaryl/α,β-unsaturated/α-hetero) is 1. The van der Waals surface area contributed by atoms with E-state index in [9.17, 15) is 9.90 Å². The lowest BCUT2D eigenvalue weighted by Crippen LogP contribution is -2.68. The molecule has 0 radical (unpaired) electrons. The Morgan fingerprint density at radius 3 is 1.85 bits per heavy atom. The second kappa shape index (κ2) is 10.1. The van der Waals surface area contributed by atoms with Crippen LogP contribution < -0.4 is 10.4 Å². The zero-order valence-electron chi connectivity index (χ0n) is 21.2. The lowest BCUT2D eigenvalue weighted by atomic mass is 9.70. The van der Waals surface area contributed by atoms with Crippen LogP contribution in [0, 0.1) is 17.8 Å². The predicted octanol–water partition coefficient (Wildman–Crippen LogP) is 5.12. The first-order chi connectivity index (χ1) is 15.5. The van der Waals surface area contributed by atoms with Crippen molar-refractivity contribution in [3.05, 3.63) is 72.3 Å². The molecule has 4 atom stereocenters. The molecule has 0 heterocycles. The lowest BCUT2D eigenvalue weighted by Gasteiger charge is -2.46. The molecule has 0 amide bonds. The molecule has 33 heavy (non-hydrogen) atoms. The molecule has 4 heteroatoms. The number of rotatable bonds is 7. The Bertz CT molecular complexity index is 920. The Morgan fingerprint density at radius 1 is 0.939 bits per heavy atom. The molecule has 2 aromatic carbocycles. The highest BCUT2D eigenvalue weighted by Gasteiger charge is 2.52. The van der Waals surface area contributed by atoms with Crippen LogP contribution in [-0.4, -0.2) is 31.4 Å². The fraction of sp³-hybridized carbons (Fsp3) is 0.483. The zero-order chi connectivity index (χ0) is 24.4. The summed E-state index contributed by atoms with van der Waals surface area (Å²) in [5.41, 5.74) is 0.758. The molecule has 0 aromatic heterocycles. The second-order valence-electron chi connectivity index (χ2n) is 10.9. The third-order valence-electron chi connectivity index (χ3n) is 7.33. The van der Waals surface area contributed by atoms with Crippen LogP contribution in [0.1, 0.15) is 54.9 Å². The summed E-state index contributed by atoms with van der Waals surface area (Å²) in [4.78, 5) is 13.2. The van der Waals surface area contributed by atoms with Gasteiger partial charge in [0.1, 0.15) is 0 Å². The molecule has 2 aromatic rings. The smallest absolute Gasteiger partial charge is 0.261 e. The number of aliphatic hydroxyl groups is 1. The van der Waals surface area contributed by atoms with Crippen LogP contribution in [0.25, 0.3) is 0 Å². The van der Waals surface area contributed by atoms with Crippen molar-refractivity contribution in [2.75, 3.05) is 0 Å². The van der Waals surface area contributed by atoms with Gasteiger partial charge in [0, 0.05) is 0 Å². The van der Waals surface area contributed by atoms with Crippen molar-refractivity contribution in [3.63, 3.8) is 0 Å². The van der Waals surface area contributed by atoms with Gasteiger partial charge >= 0.3 is 0 Å². The van der Waals surface area contributed by atoms with Crippen LogP contribution in [0.4, 0.5) is 0 Å². The van der Waals surface area contributed by atoms with Gasteiger partial charge < -0.3 is 9.53 Å².